The second-order valence-electron chi connectivity index (χ2n) is 2.78. The largest absolute Gasteiger partial charge is 0.493 e. The van der Waals surface area contributed by atoms with Gasteiger partial charge in [0.25, 0.3) is 0 Å². The number of rotatable bonds is 5. The van der Waals surface area contributed by atoms with Crippen LogP contribution in [0.2, 0.25) is 0 Å². The maximum absolute atomic E-state index is 5.43. The Morgan fingerprint density at radius 1 is 1.23 bits per heavy atom. The van der Waals surface area contributed by atoms with Crippen molar-refractivity contribution in [1.82, 2.24) is 0 Å². The van der Waals surface area contributed by atoms with Crippen LogP contribution in [0.5, 0.6) is 5.75 Å². The molecule has 0 heterocycles. The van der Waals surface area contributed by atoms with E-state index in [4.69, 9.17) is 4.74 Å². The molecule has 0 N–H and O–H groups in total. The Hall–Kier alpha value is -0.500. The number of benzene rings is 1. The summed E-state index contributed by atoms with van der Waals surface area (Å²) in [5.74, 6) is 0.937. The van der Waals surface area contributed by atoms with Crippen LogP contribution in [-0.4, -0.2) is 11.9 Å². The van der Waals surface area contributed by atoms with Gasteiger partial charge in [0.05, 0.1) is 6.61 Å². The van der Waals surface area contributed by atoms with Crippen molar-refractivity contribution in [3.05, 3.63) is 36.8 Å². The van der Waals surface area contributed by atoms with Crippen molar-refractivity contribution in [2.75, 3.05) is 11.9 Å². The van der Waals surface area contributed by atoms with Crippen molar-refractivity contribution in [2.24, 2.45) is 0 Å². The van der Waals surface area contributed by atoms with Crippen LogP contribution in [0.3, 0.4) is 0 Å². The number of halogens is 1. The molecule has 0 bridgehead atoms. The Balaban J connectivity index is 2.48. The van der Waals surface area contributed by atoms with Crippen molar-refractivity contribution >= 4 is 15.9 Å². The van der Waals surface area contributed by atoms with Gasteiger partial charge in [-0.25, -0.2) is 0 Å². The Kier molecular flexibility index (Phi) is 4.91. The Bertz CT molecular complexity index is 230. The quantitative estimate of drug-likeness (QED) is 0.720. The summed E-state index contributed by atoms with van der Waals surface area (Å²) in [5.41, 5.74) is 1.32. The highest BCUT2D eigenvalue weighted by Gasteiger charge is 1.93. The van der Waals surface area contributed by atoms with Gasteiger partial charge in [0.1, 0.15) is 5.75 Å². The molecule has 0 aliphatic carbocycles. The highest BCUT2D eigenvalue weighted by molar-refractivity contribution is 9.09. The van der Waals surface area contributed by atoms with E-state index < -0.39 is 0 Å². The Labute approximate surface area is 88.2 Å². The summed E-state index contributed by atoms with van der Waals surface area (Å²) in [7, 11) is 0. The van der Waals surface area contributed by atoms with Gasteiger partial charge in [0.15, 0.2) is 0 Å². The molecule has 0 spiro atoms. The molecule has 1 nitrogen and oxygen atoms in total. The zero-order valence-electron chi connectivity index (χ0n) is 7.63. The molecule has 1 rings (SSSR count). The fraction of sp³-hybridized carbons (Fsp3) is 0.364. The average Bonchev–Trinajstić information content (AvgIpc) is 2.17. The molecule has 2 heteroatoms. The summed E-state index contributed by atoms with van der Waals surface area (Å²) in [6.45, 7) is 4.53. The Morgan fingerprint density at radius 3 is 2.46 bits per heavy atom. The van der Waals surface area contributed by atoms with Gasteiger partial charge in [-0.2, -0.15) is 0 Å². The molecule has 1 aromatic carbocycles. The monoisotopic (exact) mass is 241 g/mol. The van der Waals surface area contributed by atoms with Crippen molar-refractivity contribution in [3.63, 3.8) is 0 Å². The summed E-state index contributed by atoms with van der Waals surface area (Å²) >= 11 is 3.31. The van der Waals surface area contributed by atoms with Crippen LogP contribution in [0.15, 0.2) is 24.3 Å². The normalized spacial score (nSPS) is 10.0. The molecule has 13 heavy (non-hydrogen) atoms. The van der Waals surface area contributed by atoms with E-state index >= 15 is 0 Å². The van der Waals surface area contributed by atoms with Crippen LogP contribution in [0.25, 0.3) is 0 Å². The maximum atomic E-state index is 5.43. The number of ether oxygens (including phenoxy) is 1. The maximum Gasteiger partial charge on any atom is 0.119 e. The van der Waals surface area contributed by atoms with E-state index in [1.54, 1.807) is 0 Å². The minimum atomic E-state index is 0.717. The average molecular weight is 242 g/mol. The number of hydrogen-bond acceptors (Lipinski definition) is 1. The molecule has 0 amide bonds. The molecule has 71 valence electrons. The topological polar surface area (TPSA) is 9.23 Å². The predicted molar refractivity (Wildman–Crippen MR) is 59.4 cm³/mol. The smallest absolute Gasteiger partial charge is 0.119 e. The van der Waals surface area contributed by atoms with E-state index in [0.29, 0.717) is 6.61 Å². The fourth-order valence-corrected chi connectivity index (χ4v) is 1.27. The first-order chi connectivity index (χ1) is 6.36. The summed E-state index contributed by atoms with van der Waals surface area (Å²) in [4.78, 5) is 0. The molecule has 0 fully saturated rings. The summed E-state index contributed by atoms with van der Waals surface area (Å²) < 4.78 is 5.43. The minimum Gasteiger partial charge on any atom is -0.493 e. The first-order valence-corrected chi connectivity index (χ1v) is 5.56. The van der Waals surface area contributed by atoms with Crippen LogP contribution in [0.1, 0.15) is 12.0 Å². The van der Waals surface area contributed by atoms with E-state index in [-0.39, 0.29) is 0 Å². The Morgan fingerprint density at radius 2 is 1.92 bits per heavy atom. The molecule has 0 atom stereocenters. The lowest BCUT2D eigenvalue weighted by atomic mass is 10.1. The van der Waals surface area contributed by atoms with Crippen LogP contribution < -0.4 is 4.74 Å². The molecular weight excluding hydrogens is 228 g/mol. The molecule has 1 radical (unpaired) electrons. The van der Waals surface area contributed by atoms with Crippen molar-refractivity contribution in [2.45, 2.75) is 12.8 Å². The van der Waals surface area contributed by atoms with E-state index in [9.17, 15) is 0 Å². The second-order valence-corrected chi connectivity index (χ2v) is 3.58. The van der Waals surface area contributed by atoms with Gasteiger partial charge in [0.2, 0.25) is 0 Å². The van der Waals surface area contributed by atoms with Crippen molar-refractivity contribution < 1.29 is 4.74 Å². The van der Waals surface area contributed by atoms with Gasteiger partial charge in [-0.15, -0.1) is 0 Å². The van der Waals surface area contributed by atoms with Crippen LogP contribution in [-0.2, 0) is 6.42 Å². The predicted octanol–water partition coefficient (Wildman–Crippen LogP) is 3.23. The molecule has 0 aliphatic heterocycles. The third-order valence-corrected chi connectivity index (χ3v) is 2.06. The molecule has 0 aliphatic rings. The van der Waals surface area contributed by atoms with Gasteiger partial charge >= 0.3 is 0 Å². The van der Waals surface area contributed by atoms with Crippen molar-refractivity contribution in [1.29, 1.82) is 0 Å². The third kappa shape index (κ3) is 3.81. The highest BCUT2D eigenvalue weighted by atomic mass is 79.9. The fourth-order valence-electron chi connectivity index (χ4n) is 1.11. The second kappa shape index (κ2) is 6.03. The van der Waals surface area contributed by atoms with Gasteiger partial charge in [-0.3, -0.25) is 0 Å². The lowest BCUT2D eigenvalue weighted by molar-refractivity contribution is 0.345. The van der Waals surface area contributed by atoms with E-state index in [2.05, 4.69) is 35.0 Å². The summed E-state index contributed by atoms with van der Waals surface area (Å²) in [6, 6.07) is 8.20. The molecule has 0 saturated heterocycles. The van der Waals surface area contributed by atoms with Crippen LogP contribution in [0.4, 0.5) is 0 Å². The number of aryl methyl sites for hydroxylation is 1. The summed E-state index contributed by atoms with van der Waals surface area (Å²) in [5, 5.41) is 0.869. The molecule has 1 aromatic rings. The number of alkyl halides is 1. The van der Waals surface area contributed by atoms with Crippen LogP contribution in [0, 0.1) is 6.92 Å². The lowest BCUT2D eigenvalue weighted by Gasteiger charge is -2.04. The molecular formula is C11H14BrO. The van der Waals surface area contributed by atoms with Crippen LogP contribution >= 0.6 is 15.9 Å². The van der Waals surface area contributed by atoms with Gasteiger partial charge in [0, 0.05) is 5.33 Å². The molecule has 0 aromatic heterocycles. The SMILES string of the molecule is [CH2]CCc1ccc(OCCBr)cc1. The van der Waals surface area contributed by atoms with Gasteiger partial charge in [-0.1, -0.05) is 35.0 Å². The standard InChI is InChI=1S/C11H14BrO/c1-2-3-10-4-6-11(7-5-10)13-9-8-12/h4-7H,1-3,8-9H2. The highest BCUT2D eigenvalue weighted by Crippen LogP contribution is 2.13. The summed E-state index contributed by atoms with van der Waals surface area (Å²) in [6.07, 6.45) is 1.99. The number of hydrogen-bond donors (Lipinski definition) is 0. The van der Waals surface area contributed by atoms with Gasteiger partial charge < -0.3 is 4.74 Å². The van der Waals surface area contributed by atoms with E-state index in [1.165, 1.54) is 5.56 Å². The van der Waals surface area contributed by atoms with E-state index in [0.717, 1.165) is 23.9 Å². The molecule has 0 unspecified atom stereocenters. The zero-order valence-corrected chi connectivity index (χ0v) is 9.22. The lowest BCUT2D eigenvalue weighted by Crippen LogP contribution is -1.97. The minimum absolute atomic E-state index is 0.717. The first kappa shape index (κ1) is 10.6. The first-order valence-electron chi connectivity index (χ1n) is 4.43. The zero-order chi connectivity index (χ0) is 9.52. The van der Waals surface area contributed by atoms with Crippen molar-refractivity contribution in [3.8, 4) is 5.75 Å². The third-order valence-electron chi connectivity index (χ3n) is 1.73. The van der Waals surface area contributed by atoms with Gasteiger partial charge in [-0.05, 0) is 30.5 Å². The molecule has 0 saturated carbocycles. The van der Waals surface area contributed by atoms with E-state index in [1.807, 2.05) is 12.1 Å².